The lowest BCUT2D eigenvalue weighted by Gasteiger charge is -2.15. The largest absolute Gasteiger partial charge is 0.497 e. The third-order valence-electron chi connectivity index (χ3n) is 3.19. The van der Waals surface area contributed by atoms with Crippen LogP contribution >= 0.6 is 0 Å². The lowest BCUT2D eigenvalue weighted by Crippen LogP contribution is -2.35. The zero-order valence-corrected chi connectivity index (χ0v) is 12.1. The fraction of sp³-hybridized carbons (Fsp3) is 0.538. The van der Waals surface area contributed by atoms with Crippen molar-refractivity contribution in [3.8, 4) is 5.75 Å². The molecule has 1 aliphatic heterocycles. The first-order valence-corrected chi connectivity index (χ1v) is 7.93. The van der Waals surface area contributed by atoms with Crippen LogP contribution in [-0.4, -0.2) is 46.5 Å². The van der Waals surface area contributed by atoms with Crippen molar-refractivity contribution < 1.29 is 23.0 Å². The van der Waals surface area contributed by atoms with Gasteiger partial charge in [-0.1, -0.05) is 0 Å². The van der Waals surface area contributed by atoms with Gasteiger partial charge in [0, 0.05) is 19.3 Å². The summed E-state index contributed by atoms with van der Waals surface area (Å²) in [6.45, 7) is 0.840. The second-order valence-electron chi connectivity index (χ2n) is 4.63. The van der Waals surface area contributed by atoms with Crippen molar-refractivity contribution >= 4 is 10.0 Å². The highest BCUT2D eigenvalue weighted by atomic mass is 32.2. The van der Waals surface area contributed by atoms with Gasteiger partial charge in [-0.2, -0.15) is 0 Å². The molecule has 0 amide bonds. The third kappa shape index (κ3) is 3.49. The van der Waals surface area contributed by atoms with Gasteiger partial charge in [0.15, 0.2) is 0 Å². The lowest BCUT2D eigenvalue weighted by molar-refractivity contribution is 0.192. The maximum atomic E-state index is 12.4. The van der Waals surface area contributed by atoms with Crippen molar-refractivity contribution in [1.29, 1.82) is 0 Å². The van der Waals surface area contributed by atoms with Crippen LogP contribution in [0.5, 0.6) is 5.75 Å². The molecule has 0 aromatic heterocycles. The second kappa shape index (κ2) is 6.53. The number of methoxy groups -OCH3 is 1. The summed E-state index contributed by atoms with van der Waals surface area (Å²) >= 11 is 0. The van der Waals surface area contributed by atoms with Crippen LogP contribution in [0.1, 0.15) is 12.0 Å². The molecule has 2 rings (SSSR count). The molecule has 0 saturated carbocycles. The van der Waals surface area contributed by atoms with Gasteiger partial charge in [0.25, 0.3) is 0 Å². The number of rotatable bonds is 6. The highest BCUT2D eigenvalue weighted by Gasteiger charge is 2.25. The number of aliphatic hydroxyl groups excluding tert-OH is 1. The van der Waals surface area contributed by atoms with Crippen LogP contribution in [-0.2, 0) is 21.2 Å². The molecule has 1 aromatic rings. The Hall–Kier alpha value is -1.15. The Bertz CT molecular complexity index is 552. The van der Waals surface area contributed by atoms with Crippen LogP contribution in [0.25, 0.3) is 0 Å². The van der Waals surface area contributed by atoms with E-state index in [9.17, 15) is 8.42 Å². The molecule has 6 nitrogen and oxygen atoms in total. The Kier molecular flexibility index (Phi) is 4.98. The normalized spacial score (nSPS) is 19.2. The zero-order chi connectivity index (χ0) is 14.6. The average Bonchev–Trinajstić information content (AvgIpc) is 2.91. The molecule has 0 radical (unpaired) electrons. The Morgan fingerprint density at radius 3 is 2.90 bits per heavy atom. The van der Waals surface area contributed by atoms with Crippen molar-refractivity contribution in [1.82, 2.24) is 4.72 Å². The number of sulfonamides is 1. The maximum Gasteiger partial charge on any atom is 0.241 e. The molecule has 1 atom stereocenters. The van der Waals surface area contributed by atoms with Gasteiger partial charge in [0.1, 0.15) is 5.75 Å². The van der Waals surface area contributed by atoms with E-state index in [2.05, 4.69) is 4.72 Å². The first kappa shape index (κ1) is 15.2. The molecule has 20 heavy (non-hydrogen) atoms. The van der Waals surface area contributed by atoms with E-state index in [1.165, 1.54) is 13.2 Å². The summed E-state index contributed by atoms with van der Waals surface area (Å²) in [5, 5.41) is 9.08. The predicted octanol–water partition coefficient (Wildman–Crippen LogP) is 0.297. The van der Waals surface area contributed by atoms with Crippen LogP contribution in [0.3, 0.4) is 0 Å². The molecule has 112 valence electrons. The molecule has 0 aliphatic carbocycles. The number of nitrogens with one attached hydrogen (secondary N) is 1. The van der Waals surface area contributed by atoms with Gasteiger partial charge in [0.2, 0.25) is 10.0 Å². The van der Waals surface area contributed by atoms with Gasteiger partial charge in [-0.25, -0.2) is 13.1 Å². The van der Waals surface area contributed by atoms with E-state index < -0.39 is 10.0 Å². The Morgan fingerprint density at radius 1 is 1.50 bits per heavy atom. The second-order valence-corrected chi connectivity index (χ2v) is 6.31. The molecule has 1 fully saturated rings. The van der Waals surface area contributed by atoms with Gasteiger partial charge >= 0.3 is 0 Å². The fourth-order valence-electron chi connectivity index (χ4n) is 2.17. The Balaban J connectivity index is 2.29. The van der Waals surface area contributed by atoms with Crippen molar-refractivity contribution in [2.45, 2.75) is 23.8 Å². The lowest BCUT2D eigenvalue weighted by atomic mass is 10.1. The molecule has 1 heterocycles. The van der Waals surface area contributed by atoms with E-state index in [0.29, 0.717) is 30.9 Å². The van der Waals surface area contributed by atoms with Gasteiger partial charge in [-0.15, -0.1) is 0 Å². The number of aliphatic hydroxyl groups is 1. The fourth-order valence-corrected chi connectivity index (χ4v) is 3.68. The van der Waals surface area contributed by atoms with Gasteiger partial charge < -0.3 is 14.6 Å². The quantitative estimate of drug-likeness (QED) is 0.789. The van der Waals surface area contributed by atoms with E-state index in [4.69, 9.17) is 14.6 Å². The van der Waals surface area contributed by atoms with Crippen molar-refractivity contribution in [3.63, 3.8) is 0 Å². The first-order chi connectivity index (χ1) is 9.56. The van der Waals surface area contributed by atoms with Crippen LogP contribution in [0.2, 0.25) is 0 Å². The highest BCUT2D eigenvalue weighted by molar-refractivity contribution is 7.89. The Labute approximate surface area is 118 Å². The number of ether oxygens (including phenoxy) is 2. The maximum absolute atomic E-state index is 12.4. The molecule has 0 bridgehead atoms. The summed E-state index contributed by atoms with van der Waals surface area (Å²) in [7, 11) is -2.10. The van der Waals surface area contributed by atoms with Crippen molar-refractivity contribution in [2.24, 2.45) is 0 Å². The van der Waals surface area contributed by atoms with E-state index in [0.717, 1.165) is 0 Å². The molecule has 1 unspecified atom stereocenters. The molecule has 1 aromatic carbocycles. The summed E-state index contributed by atoms with van der Waals surface area (Å²) in [5.41, 5.74) is 0.540. The minimum absolute atomic E-state index is 0.123. The summed E-state index contributed by atoms with van der Waals surface area (Å²) in [6.07, 6.45) is 0.930. The highest BCUT2D eigenvalue weighted by Crippen LogP contribution is 2.23. The monoisotopic (exact) mass is 301 g/mol. The summed E-state index contributed by atoms with van der Waals surface area (Å²) in [4.78, 5) is 0.180. The van der Waals surface area contributed by atoms with E-state index >= 15 is 0 Å². The molecule has 7 heteroatoms. The first-order valence-electron chi connectivity index (χ1n) is 6.44. The number of hydrogen-bond acceptors (Lipinski definition) is 5. The van der Waals surface area contributed by atoms with Gasteiger partial charge in [-0.3, -0.25) is 0 Å². The van der Waals surface area contributed by atoms with Gasteiger partial charge in [0.05, 0.1) is 18.6 Å². The molecular weight excluding hydrogens is 282 g/mol. The van der Waals surface area contributed by atoms with Crippen LogP contribution < -0.4 is 9.46 Å². The topological polar surface area (TPSA) is 84.9 Å². The number of hydrogen-bond donors (Lipinski definition) is 2. The number of benzene rings is 1. The minimum Gasteiger partial charge on any atom is -0.497 e. The predicted molar refractivity (Wildman–Crippen MR) is 73.3 cm³/mol. The van der Waals surface area contributed by atoms with Crippen LogP contribution in [0.4, 0.5) is 0 Å². The van der Waals surface area contributed by atoms with E-state index in [1.807, 2.05) is 0 Å². The molecule has 1 saturated heterocycles. The van der Waals surface area contributed by atoms with Gasteiger partial charge in [-0.05, 0) is 36.6 Å². The molecule has 2 N–H and O–H groups in total. The average molecular weight is 301 g/mol. The zero-order valence-electron chi connectivity index (χ0n) is 11.3. The standard InChI is InChI=1S/C13H19NO5S/c1-18-12-2-3-13(10(8-12)4-6-15)20(16,17)14-11-5-7-19-9-11/h2-3,8,11,14-15H,4-7,9H2,1H3. The van der Waals surface area contributed by atoms with E-state index in [-0.39, 0.29) is 24.0 Å². The summed E-state index contributed by atoms with van der Waals surface area (Å²) in [6, 6.07) is 4.54. The Morgan fingerprint density at radius 2 is 2.30 bits per heavy atom. The molecular formula is C13H19NO5S. The SMILES string of the molecule is COc1ccc(S(=O)(=O)NC2CCOC2)c(CCO)c1. The summed E-state index contributed by atoms with van der Waals surface area (Å²) < 4.78 is 37.7. The minimum atomic E-state index is -3.62. The molecule has 0 spiro atoms. The summed E-state index contributed by atoms with van der Waals surface area (Å²) in [5.74, 6) is 0.566. The van der Waals surface area contributed by atoms with Crippen molar-refractivity contribution in [3.05, 3.63) is 23.8 Å². The van der Waals surface area contributed by atoms with Crippen molar-refractivity contribution in [2.75, 3.05) is 26.9 Å². The van der Waals surface area contributed by atoms with Crippen LogP contribution in [0.15, 0.2) is 23.1 Å². The third-order valence-corrected chi connectivity index (χ3v) is 4.81. The smallest absolute Gasteiger partial charge is 0.241 e. The van der Waals surface area contributed by atoms with E-state index in [1.54, 1.807) is 12.1 Å². The molecule has 1 aliphatic rings. The van der Waals surface area contributed by atoms with Crippen LogP contribution in [0, 0.1) is 0 Å².